The van der Waals surface area contributed by atoms with Crippen LogP contribution in [0.3, 0.4) is 0 Å². The van der Waals surface area contributed by atoms with Gasteiger partial charge >= 0.3 is 5.97 Å². The van der Waals surface area contributed by atoms with Crippen molar-refractivity contribution < 1.29 is 19.5 Å². The number of carbonyl (C=O) groups excluding carboxylic acids is 2. The van der Waals surface area contributed by atoms with Crippen LogP contribution in [0.4, 0.5) is 5.69 Å². The molecule has 0 bridgehead atoms. The average Bonchev–Trinajstić information content (AvgIpc) is 2.37. The predicted molar refractivity (Wildman–Crippen MR) is 68.7 cm³/mol. The van der Waals surface area contributed by atoms with Gasteiger partial charge in [-0.2, -0.15) is 0 Å². The fraction of sp³-hybridized carbons (Fsp3) is 0.357. The minimum atomic E-state index is -0.865. The second-order valence-electron chi connectivity index (χ2n) is 4.54. The SMILES string of the molecule is O=C(O)CCc1cccc(N2C(=O)CCCC2=O)c1. The molecule has 1 heterocycles. The molecule has 5 heteroatoms. The number of anilines is 1. The highest BCUT2D eigenvalue weighted by atomic mass is 16.4. The first-order valence-electron chi connectivity index (χ1n) is 6.24. The number of carboxylic acids is 1. The number of amides is 2. The zero-order valence-corrected chi connectivity index (χ0v) is 10.5. The van der Waals surface area contributed by atoms with Gasteiger partial charge in [0.1, 0.15) is 0 Å². The van der Waals surface area contributed by atoms with Gasteiger partial charge in [-0.05, 0) is 30.5 Å². The summed E-state index contributed by atoms with van der Waals surface area (Å²) in [5, 5.41) is 8.66. The van der Waals surface area contributed by atoms with Crippen molar-refractivity contribution in [3.63, 3.8) is 0 Å². The number of hydrogen-bond donors (Lipinski definition) is 1. The van der Waals surface area contributed by atoms with Gasteiger partial charge < -0.3 is 5.11 Å². The van der Waals surface area contributed by atoms with Crippen molar-refractivity contribution in [1.29, 1.82) is 0 Å². The van der Waals surface area contributed by atoms with Crippen LogP contribution in [-0.2, 0) is 20.8 Å². The van der Waals surface area contributed by atoms with Crippen molar-refractivity contribution in [2.75, 3.05) is 4.90 Å². The number of rotatable bonds is 4. The van der Waals surface area contributed by atoms with Crippen LogP contribution in [0.5, 0.6) is 0 Å². The van der Waals surface area contributed by atoms with Crippen LogP contribution >= 0.6 is 0 Å². The molecule has 1 aromatic carbocycles. The molecular formula is C14H15NO4. The van der Waals surface area contributed by atoms with E-state index < -0.39 is 5.97 Å². The van der Waals surface area contributed by atoms with Crippen molar-refractivity contribution in [3.05, 3.63) is 29.8 Å². The summed E-state index contributed by atoms with van der Waals surface area (Å²) in [7, 11) is 0. The number of aliphatic carboxylic acids is 1. The number of aryl methyl sites for hydroxylation is 1. The summed E-state index contributed by atoms with van der Waals surface area (Å²) < 4.78 is 0. The second-order valence-corrected chi connectivity index (χ2v) is 4.54. The molecule has 0 saturated carbocycles. The highest BCUT2D eigenvalue weighted by Gasteiger charge is 2.27. The lowest BCUT2D eigenvalue weighted by atomic mass is 10.1. The Morgan fingerprint density at radius 3 is 2.53 bits per heavy atom. The highest BCUT2D eigenvalue weighted by Crippen LogP contribution is 2.23. The van der Waals surface area contributed by atoms with Gasteiger partial charge in [-0.1, -0.05) is 12.1 Å². The van der Waals surface area contributed by atoms with Crippen molar-refractivity contribution in [2.24, 2.45) is 0 Å². The third kappa shape index (κ3) is 3.19. The lowest BCUT2D eigenvalue weighted by Crippen LogP contribution is -2.40. The normalized spacial score (nSPS) is 15.7. The van der Waals surface area contributed by atoms with Gasteiger partial charge in [0.2, 0.25) is 11.8 Å². The van der Waals surface area contributed by atoms with Crippen LogP contribution in [0.2, 0.25) is 0 Å². The molecule has 0 atom stereocenters. The van der Waals surface area contributed by atoms with Gasteiger partial charge in [-0.3, -0.25) is 19.3 Å². The minimum absolute atomic E-state index is 0.0331. The Balaban J connectivity index is 2.19. The molecule has 2 rings (SSSR count). The van der Waals surface area contributed by atoms with Gasteiger partial charge in [0.15, 0.2) is 0 Å². The number of hydrogen-bond acceptors (Lipinski definition) is 3. The van der Waals surface area contributed by atoms with Crippen LogP contribution in [0, 0.1) is 0 Å². The van der Waals surface area contributed by atoms with E-state index in [4.69, 9.17) is 5.11 Å². The Morgan fingerprint density at radius 1 is 1.21 bits per heavy atom. The molecule has 2 amide bonds. The second kappa shape index (κ2) is 5.65. The number of imide groups is 1. The van der Waals surface area contributed by atoms with Crippen molar-refractivity contribution >= 4 is 23.5 Å². The maximum Gasteiger partial charge on any atom is 0.303 e. The fourth-order valence-corrected chi connectivity index (χ4v) is 2.14. The Kier molecular flexibility index (Phi) is 3.94. The Bertz CT molecular complexity index is 508. The van der Waals surface area contributed by atoms with E-state index in [2.05, 4.69) is 0 Å². The lowest BCUT2D eigenvalue weighted by molar-refractivity contribution is -0.137. The fourth-order valence-electron chi connectivity index (χ4n) is 2.14. The molecule has 1 aliphatic rings. The standard InChI is InChI=1S/C14H15NO4/c16-12-5-2-6-13(17)15(12)11-4-1-3-10(9-11)7-8-14(18)19/h1,3-4,9H,2,5-8H2,(H,18,19). The summed E-state index contributed by atoms with van der Waals surface area (Å²) in [6, 6.07) is 6.95. The van der Waals surface area contributed by atoms with E-state index in [1.54, 1.807) is 24.3 Å². The van der Waals surface area contributed by atoms with Crippen LogP contribution in [0.15, 0.2) is 24.3 Å². The van der Waals surface area contributed by atoms with Crippen LogP contribution in [0.1, 0.15) is 31.2 Å². The molecule has 0 spiro atoms. The van der Waals surface area contributed by atoms with Crippen LogP contribution in [0.25, 0.3) is 0 Å². The first-order valence-corrected chi connectivity index (χ1v) is 6.24. The zero-order chi connectivity index (χ0) is 13.8. The molecule has 19 heavy (non-hydrogen) atoms. The molecule has 100 valence electrons. The van der Waals surface area contributed by atoms with Gasteiger partial charge in [0, 0.05) is 19.3 Å². The quantitative estimate of drug-likeness (QED) is 0.838. The summed E-state index contributed by atoms with van der Waals surface area (Å²) in [4.78, 5) is 35.3. The Morgan fingerprint density at radius 2 is 1.89 bits per heavy atom. The molecule has 0 aromatic heterocycles. The van der Waals surface area contributed by atoms with Crippen LogP contribution < -0.4 is 4.90 Å². The molecule has 0 radical (unpaired) electrons. The number of nitrogens with zero attached hydrogens (tertiary/aromatic N) is 1. The van der Waals surface area contributed by atoms with E-state index >= 15 is 0 Å². The minimum Gasteiger partial charge on any atom is -0.481 e. The topological polar surface area (TPSA) is 74.7 Å². The van der Waals surface area contributed by atoms with Gasteiger partial charge in [-0.15, -0.1) is 0 Å². The molecule has 1 fully saturated rings. The highest BCUT2D eigenvalue weighted by molar-refractivity contribution is 6.16. The van der Waals surface area contributed by atoms with Gasteiger partial charge in [0.05, 0.1) is 5.69 Å². The summed E-state index contributed by atoms with van der Waals surface area (Å²) in [5.74, 6) is -1.24. The maximum atomic E-state index is 11.8. The Labute approximate surface area is 110 Å². The average molecular weight is 261 g/mol. The molecule has 1 N–H and O–H groups in total. The predicted octanol–water partition coefficient (Wildman–Crippen LogP) is 1.75. The number of piperidine rings is 1. The Hall–Kier alpha value is -2.17. The summed E-state index contributed by atoms with van der Waals surface area (Å²) in [6.45, 7) is 0. The maximum absolute atomic E-state index is 11.8. The van der Waals surface area contributed by atoms with Crippen molar-refractivity contribution in [2.45, 2.75) is 32.1 Å². The third-order valence-corrected chi connectivity index (χ3v) is 3.08. The summed E-state index contributed by atoms with van der Waals surface area (Å²) >= 11 is 0. The molecule has 0 aliphatic carbocycles. The summed E-state index contributed by atoms with van der Waals surface area (Å²) in [6.07, 6.45) is 1.79. The van der Waals surface area contributed by atoms with Crippen molar-refractivity contribution in [3.8, 4) is 0 Å². The molecular weight excluding hydrogens is 246 g/mol. The molecule has 1 aliphatic heterocycles. The largest absolute Gasteiger partial charge is 0.481 e. The zero-order valence-electron chi connectivity index (χ0n) is 10.5. The van der Waals surface area contributed by atoms with Gasteiger partial charge in [0.25, 0.3) is 0 Å². The van der Waals surface area contributed by atoms with E-state index in [1.165, 1.54) is 4.90 Å². The van der Waals surface area contributed by atoms with Crippen molar-refractivity contribution in [1.82, 2.24) is 0 Å². The first kappa shape index (κ1) is 13.3. The van der Waals surface area contributed by atoms with E-state index in [9.17, 15) is 14.4 Å². The molecule has 1 aromatic rings. The lowest BCUT2D eigenvalue weighted by Gasteiger charge is -2.25. The van der Waals surface area contributed by atoms with Gasteiger partial charge in [-0.25, -0.2) is 0 Å². The van der Waals surface area contributed by atoms with E-state index in [1.807, 2.05) is 0 Å². The van der Waals surface area contributed by atoms with E-state index in [-0.39, 0.29) is 18.2 Å². The molecule has 5 nitrogen and oxygen atoms in total. The van der Waals surface area contributed by atoms with Crippen LogP contribution in [-0.4, -0.2) is 22.9 Å². The monoisotopic (exact) mass is 261 g/mol. The number of benzene rings is 1. The number of carboxylic acid groups (broad SMARTS) is 1. The third-order valence-electron chi connectivity index (χ3n) is 3.08. The molecule has 0 unspecified atom stereocenters. The number of carbonyl (C=O) groups is 3. The van der Waals surface area contributed by atoms with E-state index in [0.717, 1.165) is 5.56 Å². The first-order chi connectivity index (χ1) is 9.08. The summed E-state index contributed by atoms with van der Waals surface area (Å²) in [5.41, 5.74) is 1.35. The van der Waals surface area contributed by atoms with E-state index in [0.29, 0.717) is 31.4 Å². The molecule has 1 saturated heterocycles. The smallest absolute Gasteiger partial charge is 0.303 e.